The van der Waals surface area contributed by atoms with Crippen molar-refractivity contribution in [3.63, 3.8) is 0 Å². The molecule has 2 N–H and O–H groups in total. The van der Waals surface area contributed by atoms with Crippen LogP contribution in [0.1, 0.15) is 10.5 Å². The lowest BCUT2D eigenvalue weighted by molar-refractivity contribution is 0.102. The number of carbonyl (C=O) groups excluding carboxylic acids is 1. The summed E-state index contributed by atoms with van der Waals surface area (Å²) in [5.74, 6) is -0.255. The second-order valence-electron chi connectivity index (χ2n) is 5.32. The van der Waals surface area contributed by atoms with E-state index < -0.39 is 0 Å². The summed E-state index contributed by atoms with van der Waals surface area (Å²) >= 11 is 0. The Morgan fingerprint density at radius 3 is 2.67 bits per heavy atom. The van der Waals surface area contributed by atoms with E-state index in [-0.39, 0.29) is 5.91 Å². The van der Waals surface area contributed by atoms with Gasteiger partial charge in [-0.3, -0.25) is 9.78 Å². The summed E-state index contributed by atoms with van der Waals surface area (Å²) < 4.78 is 0. The SMILES string of the molecule is O=C(Nc1cccc2cc[nH]c12)c1cccc(-c2ccccn2)n1. The van der Waals surface area contributed by atoms with E-state index in [1.807, 2.05) is 54.7 Å². The maximum absolute atomic E-state index is 12.6. The Morgan fingerprint density at radius 1 is 0.917 bits per heavy atom. The van der Waals surface area contributed by atoms with Crippen molar-refractivity contribution in [2.24, 2.45) is 0 Å². The smallest absolute Gasteiger partial charge is 0.274 e. The van der Waals surface area contributed by atoms with Gasteiger partial charge in [-0.2, -0.15) is 0 Å². The largest absolute Gasteiger partial charge is 0.359 e. The van der Waals surface area contributed by atoms with Gasteiger partial charge in [0.2, 0.25) is 0 Å². The third kappa shape index (κ3) is 2.63. The molecule has 0 aliphatic carbocycles. The fourth-order valence-corrected chi connectivity index (χ4v) is 2.59. The predicted octanol–water partition coefficient (Wildman–Crippen LogP) is 3.88. The molecule has 3 aromatic heterocycles. The molecular formula is C19H14N4O. The number of aromatic nitrogens is 3. The standard InChI is InChI=1S/C19H14N4O/c24-19(23-16-8-3-5-13-10-12-21-18(13)16)17-9-4-7-15(22-17)14-6-1-2-11-20-14/h1-12,21H,(H,23,24). The number of carbonyl (C=O) groups is 1. The fourth-order valence-electron chi connectivity index (χ4n) is 2.59. The Labute approximate surface area is 138 Å². The average Bonchev–Trinajstić information content (AvgIpc) is 3.12. The van der Waals surface area contributed by atoms with Crippen LogP contribution >= 0.6 is 0 Å². The number of pyridine rings is 2. The molecule has 0 unspecified atom stereocenters. The normalized spacial score (nSPS) is 10.7. The van der Waals surface area contributed by atoms with Gasteiger partial charge in [0, 0.05) is 17.8 Å². The van der Waals surface area contributed by atoms with Crippen molar-refractivity contribution in [1.82, 2.24) is 15.0 Å². The van der Waals surface area contributed by atoms with Crippen LogP contribution in [0.3, 0.4) is 0 Å². The molecule has 5 heteroatoms. The molecule has 0 saturated carbocycles. The summed E-state index contributed by atoms with van der Waals surface area (Å²) in [4.78, 5) is 24.4. The zero-order valence-electron chi connectivity index (χ0n) is 12.7. The minimum atomic E-state index is -0.255. The van der Waals surface area contributed by atoms with Gasteiger partial charge in [-0.25, -0.2) is 4.98 Å². The lowest BCUT2D eigenvalue weighted by Crippen LogP contribution is -2.14. The van der Waals surface area contributed by atoms with Crippen molar-refractivity contribution in [3.05, 3.63) is 78.8 Å². The Morgan fingerprint density at radius 2 is 1.79 bits per heavy atom. The van der Waals surface area contributed by atoms with Crippen LogP contribution in [-0.2, 0) is 0 Å². The van der Waals surface area contributed by atoms with Crippen molar-refractivity contribution in [2.45, 2.75) is 0 Å². The van der Waals surface area contributed by atoms with E-state index in [9.17, 15) is 4.79 Å². The summed E-state index contributed by atoms with van der Waals surface area (Å²) in [6.45, 7) is 0. The molecule has 116 valence electrons. The Kier molecular flexibility index (Phi) is 3.51. The van der Waals surface area contributed by atoms with Crippen molar-refractivity contribution >= 4 is 22.5 Å². The Bertz CT molecular complexity index is 1010. The number of rotatable bonds is 3. The molecule has 4 aromatic rings. The number of amides is 1. The molecule has 0 atom stereocenters. The van der Waals surface area contributed by atoms with Crippen LogP contribution in [-0.4, -0.2) is 20.9 Å². The highest BCUT2D eigenvalue weighted by molar-refractivity contribution is 6.07. The van der Waals surface area contributed by atoms with Gasteiger partial charge >= 0.3 is 0 Å². The molecule has 0 aliphatic rings. The molecule has 5 nitrogen and oxygen atoms in total. The monoisotopic (exact) mass is 314 g/mol. The molecule has 24 heavy (non-hydrogen) atoms. The van der Waals surface area contributed by atoms with Crippen LogP contribution in [0.15, 0.2) is 73.1 Å². The van der Waals surface area contributed by atoms with Crippen molar-refractivity contribution in [2.75, 3.05) is 5.32 Å². The summed E-state index contributed by atoms with van der Waals surface area (Å²) in [6, 6.07) is 18.7. The highest BCUT2D eigenvalue weighted by atomic mass is 16.1. The van der Waals surface area contributed by atoms with E-state index in [4.69, 9.17) is 0 Å². The first kappa shape index (κ1) is 14.1. The number of para-hydroxylation sites is 1. The maximum Gasteiger partial charge on any atom is 0.274 e. The van der Waals surface area contributed by atoms with Crippen molar-refractivity contribution in [3.8, 4) is 11.4 Å². The highest BCUT2D eigenvalue weighted by Gasteiger charge is 2.11. The lowest BCUT2D eigenvalue weighted by Gasteiger charge is -2.07. The number of hydrogen-bond donors (Lipinski definition) is 2. The third-order valence-corrected chi connectivity index (χ3v) is 3.74. The molecular weight excluding hydrogens is 300 g/mol. The molecule has 3 heterocycles. The van der Waals surface area contributed by atoms with Crippen LogP contribution < -0.4 is 5.32 Å². The van der Waals surface area contributed by atoms with Crippen molar-refractivity contribution < 1.29 is 4.79 Å². The molecule has 0 radical (unpaired) electrons. The minimum absolute atomic E-state index is 0.255. The Hall–Kier alpha value is -3.47. The van der Waals surface area contributed by atoms with Gasteiger partial charge in [0.05, 0.1) is 22.6 Å². The van der Waals surface area contributed by atoms with Gasteiger partial charge in [0.1, 0.15) is 5.69 Å². The number of H-pyrrole nitrogens is 1. The number of anilines is 1. The summed E-state index contributed by atoms with van der Waals surface area (Å²) in [5.41, 5.74) is 3.38. The van der Waals surface area contributed by atoms with Crippen molar-refractivity contribution in [1.29, 1.82) is 0 Å². The first-order chi connectivity index (χ1) is 11.8. The summed E-state index contributed by atoms with van der Waals surface area (Å²) in [6.07, 6.45) is 3.55. The summed E-state index contributed by atoms with van der Waals surface area (Å²) in [7, 11) is 0. The fraction of sp³-hybridized carbons (Fsp3) is 0. The highest BCUT2D eigenvalue weighted by Crippen LogP contribution is 2.22. The van der Waals surface area contributed by atoms with Gasteiger partial charge < -0.3 is 10.3 Å². The topological polar surface area (TPSA) is 70.7 Å². The van der Waals surface area contributed by atoms with E-state index >= 15 is 0 Å². The predicted molar refractivity (Wildman–Crippen MR) is 93.7 cm³/mol. The second kappa shape index (κ2) is 5.96. The van der Waals surface area contributed by atoms with E-state index in [0.29, 0.717) is 11.4 Å². The zero-order chi connectivity index (χ0) is 16.4. The van der Waals surface area contributed by atoms with Gasteiger partial charge in [0.25, 0.3) is 5.91 Å². The van der Waals surface area contributed by atoms with Gasteiger partial charge in [-0.15, -0.1) is 0 Å². The lowest BCUT2D eigenvalue weighted by atomic mass is 10.2. The zero-order valence-corrected chi connectivity index (χ0v) is 12.7. The number of benzene rings is 1. The number of nitrogens with zero attached hydrogens (tertiary/aromatic N) is 2. The van der Waals surface area contributed by atoms with Gasteiger partial charge in [0.15, 0.2) is 0 Å². The van der Waals surface area contributed by atoms with E-state index in [2.05, 4.69) is 20.3 Å². The number of aromatic amines is 1. The molecule has 1 aromatic carbocycles. The third-order valence-electron chi connectivity index (χ3n) is 3.74. The first-order valence-corrected chi connectivity index (χ1v) is 7.57. The molecule has 0 fully saturated rings. The van der Waals surface area contributed by atoms with Crippen LogP contribution in [0.4, 0.5) is 5.69 Å². The molecule has 0 bridgehead atoms. The molecule has 0 aliphatic heterocycles. The van der Waals surface area contributed by atoms with E-state index in [0.717, 1.165) is 22.3 Å². The number of nitrogens with one attached hydrogen (secondary N) is 2. The quantitative estimate of drug-likeness (QED) is 0.603. The maximum atomic E-state index is 12.6. The first-order valence-electron chi connectivity index (χ1n) is 7.57. The van der Waals surface area contributed by atoms with Crippen LogP contribution in [0.5, 0.6) is 0 Å². The molecule has 4 rings (SSSR count). The number of fused-ring (bicyclic) bond motifs is 1. The average molecular weight is 314 g/mol. The van der Waals surface area contributed by atoms with E-state index in [1.54, 1.807) is 18.3 Å². The minimum Gasteiger partial charge on any atom is -0.359 e. The van der Waals surface area contributed by atoms with Crippen LogP contribution in [0.2, 0.25) is 0 Å². The van der Waals surface area contributed by atoms with Crippen LogP contribution in [0.25, 0.3) is 22.3 Å². The molecule has 1 amide bonds. The number of hydrogen-bond acceptors (Lipinski definition) is 3. The van der Waals surface area contributed by atoms with Gasteiger partial charge in [-0.1, -0.05) is 24.3 Å². The second-order valence-corrected chi connectivity index (χ2v) is 5.32. The van der Waals surface area contributed by atoms with Crippen LogP contribution in [0, 0.1) is 0 Å². The molecule has 0 saturated heterocycles. The molecule has 0 spiro atoms. The summed E-state index contributed by atoms with van der Waals surface area (Å²) in [5, 5.41) is 3.96. The van der Waals surface area contributed by atoms with Gasteiger partial charge in [-0.05, 0) is 36.4 Å². The van der Waals surface area contributed by atoms with E-state index in [1.165, 1.54) is 0 Å². The Balaban J connectivity index is 1.64.